The second-order valence-electron chi connectivity index (χ2n) is 5.06. The molecule has 0 saturated carbocycles. The minimum Gasteiger partial charge on any atom is -0.373 e. The Labute approximate surface area is 121 Å². The SMILES string of the molecule is O=C(CC1OCCc2ccccc21)c1ccc(F)c(F)c1. The number of ketones is 1. The Kier molecular flexibility index (Phi) is 3.80. The molecular weight excluding hydrogens is 274 g/mol. The second kappa shape index (κ2) is 5.74. The molecule has 2 aromatic carbocycles. The van der Waals surface area contributed by atoms with Crippen LogP contribution in [0, 0.1) is 11.6 Å². The van der Waals surface area contributed by atoms with Gasteiger partial charge in [0.05, 0.1) is 12.7 Å². The van der Waals surface area contributed by atoms with Crippen molar-refractivity contribution in [2.24, 2.45) is 0 Å². The molecule has 0 spiro atoms. The lowest BCUT2D eigenvalue weighted by Gasteiger charge is -2.25. The van der Waals surface area contributed by atoms with Crippen molar-refractivity contribution in [1.29, 1.82) is 0 Å². The van der Waals surface area contributed by atoms with Crippen molar-refractivity contribution in [3.8, 4) is 0 Å². The smallest absolute Gasteiger partial charge is 0.165 e. The average Bonchev–Trinajstić information content (AvgIpc) is 2.50. The molecule has 108 valence electrons. The fourth-order valence-corrected chi connectivity index (χ4v) is 2.60. The molecule has 2 aromatic rings. The van der Waals surface area contributed by atoms with Gasteiger partial charge in [0.1, 0.15) is 0 Å². The minimum atomic E-state index is -1.01. The average molecular weight is 288 g/mol. The third-order valence-electron chi connectivity index (χ3n) is 3.70. The highest BCUT2D eigenvalue weighted by atomic mass is 19.2. The van der Waals surface area contributed by atoms with Crippen LogP contribution in [0.15, 0.2) is 42.5 Å². The van der Waals surface area contributed by atoms with Gasteiger partial charge in [-0.15, -0.1) is 0 Å². The van der Waals surface area contributed by atoms with Crippen molar-refractivity contribution in [2.75, 3.05) is 6.61 Å². The van der Waals surface area contributed by atoms with Gasteiger partial charge < -0.3 is 4.74 Å². The zero-order valence-corrected chi connectivity index (χ0v) is 11.3. The highest BCUT2D eigenvalue weighted by Crippen LogP contribution is 2.30. The van der Waals surface area contributed by atoms with Crippen LogP contribution in [-0.4, -0.2) is 12.4 Å². The lowest BCUT2D eigenvalue weighted by Crippen LogP contribution is -2.19. The molecule has 0 aromatic heterocycles. The highest BCUT2D eigenvalue weighted by Gasteiger charge is 2.24. The maximum Gasteiger partial charge on any atom is 0.165 e. The monoisotopic (exact) mass is 288 g/mol. The lowest BCUT2D eigenvalue weighted by atomic mass is 9.93. The van der Waals surface area contributed by atoms with Gasteiger partial charge in [-0.1, -0.05) is 24.3 Å². The first kappa shape index (κ1) is 13.9. The maximum atomic E-state index is 13.2. The molecule has 1 aliphatic rings. The van der Waals surface area contributed by atoms with Crippen molar-refractivity contribution in [3.05, 3.63) is 70.8 Å². The van der Waals surface area contributed by atoms with Gasteiger partial charge in [-0.05, 0) is 35.7 Å². The van der Waals surface area contributed by atoms with Crippen LogP contribution in [0.5, 0.6) is 0 Å². The van der Waals surface area contributed by atoms with Gasteiger partial charge >= 0.3 is 0 Å². The normalized spacial score (nSPS) is 17.3. The van der Waals surface area contributed by atoms with Crippen molar-refractivity contribution >= 4 is 5.78 Å². The van der Waals surface area contributed by atoms with Gasteiger partial charge in [0.25, 0.3) is 0 Å². The van der Waals surface area contributed by atoms with Crippen LogP contribution in [-0.2, 0) is 11.2 Å². The van der Waals surface area contributed by atoms with Crippen molar-refractivity contribution in [1.82, 2.24) is 0 Å². The molecule has 0 bridgehead atoms. The highest BCUT2D eigenvalue weighted by molar-refractivity contribution is 5.96. The number of ether oxygens (including phenoxy) is 1. The summed E-state index contributed by atoms with van der Waals surface area (Å²) >= 11 is 0. The van der Waals surface area contributed by atoms with Crippen LogP contribution in [0.2, 0.25) is 0 Å². The van der Waals surface area contributed by atoms with Gasteiger partial charge in [-0.2, -0.15) is 0 Å². The standard InChI is InChI=1S/C17H14F2O2/c18-14-6-5-12(9-15(14)19)16(20)10-17-13-4-2-1-3-11(13)7-8-21-17/h1-6,9,17H,7-8,10H2. The number of fused-ring (bicyclic) bond motifs is 1. The van der Waals surface area contributed by atoms with Crippen molar-refractivity contribution < 1.29 is 18.3 Å². The van der Waals surface area contributed by atoms with E-state index in [9.17, 15) is 13.6 Å². The molecule has 21 heavy (non-hydrogen) atoms. The molecule has 1 unspecified atom stereocenters. The third kappa shape index (κ3) is 2.85. The van der Waals surface area contributed by atoms with E-state index >= 15 is 0 Å². The molecule has 2 nitrogen and oxygen atoms in total. The van der Waals surface area contributed by atoms with Crippen LogP contribution in [0.25, 0.3) is 0 Å². The number of carbonyl (C=O) groups excluding carboxylic acids is 1. The zero-order valence-electron chi connectivity index (χ0n) is 11.3. The Hall–Kier alpha value is -2.07. The van der Waals surface area contributed by atoms with E-state index in [1.807, 2.05) is 24.3 Å². The van der Waals surface area contributed by atoms with E-state index in [0.29, 0.717) is 6.61 Å². The fraction of sp³-hybridized carbons (Fsp3) is 0.235. The van der Waals surface area contributed by atoms with Crippen LogP contribution in [0.1, 0.15) is 34.0 Å². The molecule has 3 rings (SSSR count). The number of hydrogen-bond donors (Lipinski definition) is 0. The van der Waals surface area contributed by atoms with E-state index in [1.54, 1.807) is 0 Å². The van der Waals surface area contributed by atoms with Crippen LogP contribution >= 0.6 is 0 Å². The molecule has 0 N–H and O–H groups in total. The van der Waals surface area contributed by atoms with Crippen LogP contribution < -0.4 is 0 Å². The first-order valence-electron chi connectivity index (χ1n) is 6.83. The van der Waals surface area contributed by atoms with Gasteiger partial charge in [-0.25, -0.2) is 8.78 Å². The first-order chi connectivity index (χ1) is 10.1. The molecule has 0 fully saturated rings. The summed E-state index contributed by atoms with van der Waals surface area (Å²) in [4.78, 5) is 12.2. The molecule has 0 aliphatic carbocycles. The van der Waals surface area contributed by atoms with Crippen molar-refractivity contribution in [3.63, 3.8) is 0 Å². The Bertz CT molecular complexity index is 682. The Morgan fingerprint density at radius 2 is 1.95 bits per heavy atom. The summed E-state index contributed by atoms with van der Waals surface area (Å²) < 4.78 is 31.8. The summed E-state index contributed by atoms with van der Waals surface area (Å²) in [5.41, 5.74) is 2.34. The summed E-state index contributed by atoms with van der Waals surface area (Å²) in [6.45, 7) is 0.562. The Morgan fingerprint density at radius 1 is 1.14 bits per heavy atom. The zero-order chi connectivity index (χ0) is 14.8. The number of benzene rings is 2. The quantitative estimate of drug-likeness (QED) is 0.802. The summed E-state index contributed by atoms with van der Waals surface area (Å²) in [6, 6.07) is 11.0. The Morgan fingerprint density at radius 3 is 2.76 bits per heavy atom. The van der Waals surface area contributed by atoms with Gasteiger partial charge in [0, 0.05) is 12.0 Å². The number of hydrogen-bond acceptors (Lipinski definition) is 2. The minimum absolute atomic E-state index is 0.127. The molecular formula is C17H14F2O2. The van der Waals surface area contributed by atoms with Gasteiger partial charge in [0.2, 0.25) is 0 Å². The number of Topliss-reactive ketones (excluding diaryl/α,β-unsaturated/α-hetero) is 1. The maximum absolute atomic E-state index is 13.2. The first-order valence-corrected chi connectivity index (χ1v) is 6.83. The third-order valence-corrected chi connectivity index (χ3v) is 3.70. The largest absolute Gasteiger partial charge is 0.373 e. The molecule has 1 atom stereocenters. The van der Waals surface area contributed by atoms with E-state index in [1.165, 1.54) is 11.6 Å². The van der Waals surface area contributed by atoms with Crippen LogP contribution in [0.4, 0.5) is 8.78 Å². The van der Waals surface area contributed by atoms with E-state index in [-0.39, 0.29) is 23.9 Å². The number of rotatable bonds is 3. The molecule has 4 heteroatoms. The fourth-order valence-electron chi connectivity index (χ4n) is 2.60. The molecule has 0 amide bonds. The molecule has 1 aliphatic heterocycles. The molecule has 1 heterocycles. The summed E-state index contributed by atoms with van der Waals surface area (Å²) in [5.74, 6) is -2.22. The van der Waals surface area contributed by atoms with E-state index in [0.717, 1.165) is 24.1 Å². The van der Waals surface area contributed by atoms with E-state index in [2.05, 4.69) is 0 Å². The summed E-state index contributed by atoms with van der Waals surface area (Å²) in [7, 11) is 0. The summed E-state index contributed by atoms with van der Waals surface area (Å²) in [5, 5.41) is 0. The Balaban J connectivity index is 1.81. The summed E-state index contributed by atoms with van der Waals surface area (Å²) in [6.07, 6.45) is 0.629. The second-order valence-corrected chi connectivity index (χ2v) is 5.06. The predicted octanol–water partition coefficient (Wildman–Crippen LogP) is 3.85. The van der Waals surface area contributed by atoms with Gasteiger partial charge in [-0.3, -0.25) is 4.79 Å². The van der Waals surface area contributed by atoms with E-state index < -0.39 is 11.6 Å². The predicted molar refractivity (Wildman–Crippen MR) is 74.1 cm³/mol. The number of halogens is 2. The number of carbonyl (C=O) groups is 1. The molecule has 0 radical (unpaired) electrons. The van der Waals surface area contributed by atoms with Crippen LogP contribution in [0.3, 0.4) is 0 Å². The molecule has 0 saturated heterocycles. The van der Waals surface area contributed by atoms with E-state index in [4.69, 9.17) is 4.74 Å². The van der Waals surface area contributed by atoms with Gasteiger partial charge in [0.15, 0.2) is 17.4 Å². The van der Waals surface area contributed by atoms with Crippen molar-refractivity contribution in [2.45, 2.75) is 18.9 Å². The lowest BCUT2D eigenvalue weighted by molar-refractivity contribution is 0.0352. The topological polar surface area (TPSA) is 26.3 Å².